The van der Waals surface area contributed by atoms with Gasteiger partial charge in [-0.05, 0) is 51.9 Å². The van der Waals surface area contributed by atoms with Gasteiger partial charge in [-0.3, -0.25) is 14.9 Å². The van der Waals surface area contributed by atoms with Crippen LogP contribution in [0.4, 0.5) is 0 Å². The van der Waals surface area contributed by atoms with Crippen LogP contribution in [0.5, 0.6) is 0 Å². The Morgan fingerprint density at radius 2 is 2.00 bits per heavy atom. The van der Waals surface area contributed by atoms with E-state index in [0.717, 1.165) is 12.5 Å². The largest absolute Gasteiger partial charge is 0.356 e. The van der Waals surface area contributed by atoms with Gasteiger partial charge in [0.15, 0.2) is 11.8 Å². The van der Waals surface area contributed by atoms with Crippen LogP contribution in [0.3, 0.4) is 0 Å². The number of hydrogen-bond donors (Lipinski definition) is 2. The van der Waals surface area contributed by atoms with Gasteiger partial charge in [0.25, 0.3) is 5.89 Å². The lowest BCUT2D eigenvalue weighted by Crippen LogP contribution is -2.55. The predicted octanol–water partition coefficient (Wildman–Crippen LogP) is 2.72. The minimum absolute atomic E-state index is 0. The fourth-order valence-corrected chi connectivity index (χ4v) is 3.37. The first-order valence-electron chi connectivity index (χ1n) is 10.0. The Morgan fingerprint density at radius 3 is 2.69 bits per heavy atom. The van der Waals surface area contributed by atoms with E-state index in [9.17, 15) is 0 Å². The quantitative estimate of drug-likeness (QED) is 0.334. The SMILES string of the molecule is CN=C(NCCc1noc(-c2ccccn2)n1)NCC(C)(C)N1CCCCC1.I. The van der Waals surface area contributed by atoms with Crippen LogP contribution in [0.25, 0.3) is 11.6 Å². The number of nitrogens with one attached hydrogen (secondary N) is 2. The second kappa shape index (κ2) is 11.4. The highest BCUT2D eigenvalue weighted by Gasteiger charge is 2.27. The first kappa shape index (κ1) is 23.5. The highest BCUT2D eigenvalue weighted by atomic mass is 127. The highest BCUT2D eigenvalue weighted by molar-refractivity contribution is 14.0. The molecule has 0 radical (unpaired) electrons. The van der Waals surface area contributed by atoms with Crippen LogP contribution in [0.1, 0.15) is 38.9 Å². The van der Waals surface area contributed by atoms with E-state index in [1.54, 1.807) is 13.2 Å². The van der Waals surface area contributed by atoms with Gasteiger partial charge in [-0.15, -0.1) is 24.0 Å². The standard InChI is InChI=1S/C20H31N7O.HI/c1-20(2,27-13-7-4-8-14-27)15-24-19(21-3)23-12-10-17-25-18(28-26-17)16-9-5-6-11-22-16;/h5-6,9,11H,4,7-8,10,12-15H2,1-3H3,(H2,21,23,24);1H. The van der Waals surface area contributed by atoms with Crippen LogP contribution in [0, 0.1) is 0 Å². The van der Waals surface area contributed by atoms with Crippen molar-refractivity contribution in [2.75, 3.05) is 33.2 Å². The van der Waals surface area contributed by atoms with E-state index in [4.69, 9.17) is 4.52 Å². The molecule has 0 atom stereocenters. The van der Waals surface area contributed by atoms with E-state index in [2.05, 4.69) is 49.5 Å². The Morgan fingerprint density at radius 1 is 1.21 bits per heavy atom. The molecule has 8 nitrogen and oxygen atoms in total. The minimum Gasteiger partial charge on any atom is -0.356 e. The monoisotopic (exact) mass is 513 g/mol. The number of nitrogens with zero attached hydrogens (tertiary/aromatic N) is 5. The lowest BCUT2D eigenvalue weighted by molar-refractivity contribution is 0.0982. The van der Waals surface area contributed by atoms with E-state index < -0.39 is 0 Å². The molecule has 2 aromatic heterocycles. The van der Waals surface area contributed by atoms with Crippen LogP contribution >= 0.6 is 24.0 Å². The Kier molecular flexibility index (Phi) is 9.28. The molecule has 3 rings (SSSR count). The number of guanidine groups is 1. The summed E-state index contributed by atoms with van der Waals surface area (Å²) in [7, 11) is 1.79. The topological polar surface area (TPSA) is 91.5 Å². The average Bonchev–Trinajstić information content (AvgIpc) is 3.21. The fraction of sp³-hybridized carbons (Fsp3) is 0.600. The van der Waals surface area contributed by atoms with Gasteiger partial charge in [0.2, 0.25) is 0 Å². The number of aliphatic imine (C=N–C) groups is 1. The van der Waals surface area contributed by atoms with E-state index in [-0.39, 0.29) is 29.5 Å². The van der Waals surface area contributed by atoms with Crippen LogP contribution in [0.2, 0.25) is 0 Å². The number of aromatic nitrogens is 3. The molecule has 0 aliphatic carbocycles. The molecule has 0 amide bonds. The molecule has 2 aromatic rings. The molecule has 1 saturated heterocycles. The Balaban J connectivity index is 0.00000300. The van der Waals surface area contributed by atoms with Gasteiger partial charge in [0, 0.05) is 38.3 Å². The molecule has 0 spiro atoms. The van der Waals surface area contributed by atoms with Crippen LogP contribution in [-0.4, -0.2) is 64.7 Å². The molecule has 1 aliphatic rings. The van der Waals surface area contributed by atoms with Gasteiger partial charge in [-0.1, -0.05) is 17.6 Å². The van der Waals surface area contributed by atoms with Gasteiger partial charge in [-0.2, -0.15) is 4.98 Å². The average molecular weight is 513 g/mol. The maximum Gasteiger partial charge on any atom is 0.276 e. The van der Waals surface area contributed by atoms with Gasteiger partial charge >= 0.3 is 0 Å². The summed E-state index contributed by atoms with van der Waals surface area (Å²) in [4.78, 5) is 15.5. The number of halogens is 1. The molecule has 1 aliphatic heterocycles. The van der Waals surface area contributed by atoms with E-state index in [1.165, 1.54) is 32.4 Å². The lowest BCUT2D eigenvalue weighted by Gasteiger charge is -2.41. The number of piperidine rings is 1. The lowest BCUT2D eigenvalue weighted by atomic mass is 9.98. The molecule has 0 aromatic carbocycles. The summed E-state index contributed by atoms with van der Waals surface area (Å²) in [5.74, 6) is 1.89. The van der Waals surface area contributed by atoms with Gasteiger partial charge in [0.05, 0.1) is 0 Å². The first-order valence-corrected chi connectivity index (χ1v) is 10.0. The maximum atomic E-state index is 5.29. The summed E-state index contributed by atoms with van der Waals surface area (Å²) in [6, 6.07) is 5.61. The Hall–Kier alpha value is -1.75. The molecule has 160 valence electrons. The van der Waals surface area contributed by atoms with Crippen molar-refractivity contribution < 1.29 is 4.52 Å². The molecule has 1 fully saturated rings. The van der Waals surface area contributed by atoms with Gasteiger partial charge in [-0.25, -0.2) is 0 Å². The molecular formula is C20H32IN7O. The zero-order valence-corrected chi connectivity index (χ0v) is 19.8. The van der Waals surface area contributed by atoms with E-state index >= 15 is 0 Å². The fourth-order valence-electron chi connectivity index (χ4n) is 3.37. The molecule has 29 heavy (non-hydrogen) atoms. The number of rotatable bonds is 7. The number of hydrogen-bond acceptors (Lipinski definition) is 6. The molecular weight excluding hydrogens is 481 g/mol. The van der Waals surface area contributed by atoms with Crippen LogP contribution < -0.4 is 10.6 Å². The third-order valence-corrected chi connectivity index (χ3v) is 5.12. The van der Waals surface area contributed by atoms with Crippen molar-refractivity contribution in [3.8, 4) is 11.6 Å². The predicted molar refractivity (Wildman–Crippen MR) is 126 cm³/mol. The number of pyridine rings is 1. The molecule has 0 bridgehead atoms. The molecule has 9 heteroatoms. The molecule has 0 unspecified atom stereocenters. The van der Waals surface area contributed by atoms with Crippen LogP contribution in [-0.2, 0) is 6.42 Å². The van der Waals surface area contributed by atoms with Crippen molar-refractivity contribution in [2.45, 2.75) is 45.1 Å². The van der Waals surface area contributed by atoms with Crippen molar-refractivity contribution in [2.24, 2.45) is 4.99 Å². The van der Waals surface area contributed by atoms with Crippen molar-refractivity contribution >= 4 is 29.9 Å². The third-order valence-electron chi connectivity index (χ3n) is 5.12. The highest BCUT2D eigenvalue weighted by Crippen LogP contribution is 2.19. The summed E-state index contributed by atoms with van der Waals surface area (Å²) in [6.07, 6.45) is 6.29. The third kappa shape index (κ3) is 6.91. The van der Waals surface area contributed by atoms with E-state index in [1.807, 2.05) is 18.2 Å². The Bertz CT molecular complexity index is 757. The maximum absolute atomic E-state index is 5.29. The second-order valence-corrected chi connectivity index (χ2v) is 7.69. The van der Waals surface area contributed by atoms with Crippen molar-refractivity contribution in [1.29, 1.82) is 0 Å². The van der Waals surface area contributed by atoms with Crippen molar-refractivity contribution in [3.05, 3.63) is 30.2 Å². The summed E-state index contributed by atoms with van der Waals surface area (Å²) >= 11 is 0. The molecule has 2 N–H and O–H groups in total. The second-order valence-electron chi connectivity index (χ2n) is 7.69. The van der Waals surface area contributed by atoms with Gasteiger partial charge < -0.3 is 15.2 Å². The first-order chi connectivity index (χ1) is 13.6. The van der Waals surface area contributed by atoms with Crippen molar-refractivity contribution in [1.82, 2.24) is 30.7 Å². The van der Waals surface area contributed by atoms with E-state index in [0.29, 0.717) is 30.4 Å². The summed E-state index contributed by atoms with van der Waals surface area (Å²) in [5.41, 5.74) is 0.787. The summed E-state index contributed by atoms with van der Waals surface area (Å²) in [5, 5.41) is 10.8. The van der Waals surface area contributed by atoms with Gasteiger partial charge in [0.1, 0.15) is 5.69 Å². The van der Waals surface area contributed by atoms with Crippen molar-refractivity contribution in [3.63, 3.8) is 0 Å². The summed E-state index contributed by atoms with van der Waals surface area (Å²) < 4.78 is 5.29. The van der Waals surface area contributed by atoms with Crippen LogP contribution in [0.15, 0.2) is 33.9 Å². The zero-order chi connectivity index (χ0) is 19.8. The minimum atomic E-state index is 0. The number of likely N-dealkylation sites (tertiary alicyclic amines) is 1. The molecule has 3 heterocycles. The normalized spacial score (nSPS) is 15.6. The zero-order valence-electron chi connectivity index (χ0n) is 17.5. The Labute approximate surface area is 190 Å². The summed E-state index contributed by atoms with van der Waals surface area (Å²) in [6.45, 7) is 8.45. The smallest absolute Gasteiger partial charge is 0.276 e. The molecule has 0 saturated carbocycles.